The molecule has 3 amide bonds. The van der Waals surface area contributed by atoms with Gasteiger partial charge < -0.3 is 15.1 Å². The molecule has 0 aliphatic carbocycles. The lowest BCUT2D eigenvalue weighted by atomic mass is 9.88. The first-order valence-corrected chi connectivity index (χ1v) is 16.8. The number of benzene rings is 2. The van der Waals surface area contributed by atoms with Gasteiger partial charge in [-0.1, -0.05) is 57.2 Å². The maximum absolute atomic E-state index is 12.7. The molecule has 1 atom stereocenters. The van der Waals surface area contributed by atoms with Gasteiger partial charge in [-0.2, -0.15) is 0 Å². The number of carbonyl (C=O) groups is 2. The van der Waals surface area contributed by atoms with Crippen molar-refractivity contribution in [3.8, 4) is 22.4 Å². The molecule has 212 valence electrons. The minimum Gasteiger partial charge on any atom is -0.415 e. The number of nitrogens with one attached hydrogen (secondary N) is 3. The molecular formula is C32H37N5O3Si. The summed E-state index contributed by atoms with van der Waals surface area (Å²) in [6, 6.07) is 19.7. The third-order valence-electron chi connectivity index (χ3n) is 8.29. The Morgan fingerprint density at radius 1 is 0.951 bits per heavy atom. The molecular weight excluding hydrogens is 530 g/mol. The first kappa shape index (κ1) is 28.4. The Bertz CT molecular complexity index is 1600. The number of hydrogen-bond acceptors (Lipinski definition) is 6. The highest BCUT2D eigenvalue weighted by Gasteiger charge is 2.44. The fourth-order valence-electron chi connectivity index (χ4n) is 4.70. The second-order valence-corrected chi connectivity index (χ2v) is 17.0. The SMILES string of the molecule is CC1(c2cc(-c3ccc(-c4ccc(NCCO[Si](C)(C)C(C)(C)C)cc4)cc3)nc3ccncc23)NC(=O)NC1=O. The van der Waals surface area contributed by atoms with E-state index in [-0.39, 0.29) is 5.04 Å². The van der Waals surface area contributed by atoms with Crippen LogP contribution in [0.5, 0.6) is 0 Å². The number of rotatable bonds is 8. The molecule has 9 heteroatoms. The molecule has 0 spiro atoms. The van der Waals surface area contributed by atoms with Crippen LogP contribution in [0.3, 0.4) is 0 Å². The van der Waals surface area contributed by atoms with Gasteiger partial charge in [-0.15, -0.1) is 0 Å². The minimum atomic E-state index is -1.74. The molecule has 8 nitrogen and oxygen atoms in total. The standard InChI is InChI=1S/C32H37N5O3Si/c1-31(2,3)41(5,6)40-18-17-34-24-13-11-22(12-14-24)21-7-9-23(10-8-21)28-19-26(25-20-33-16-15-27(25)35-28)32(4)29(38)36-30(39)37-32/h7-16,19-20,34H,17-18H2,1-6H3,(H2,36,37,38,39). The molecule has 4 aromatic rings. The van der Waals surface area contributed by atoms with E-state index in [0.717, 1.165) is 28.9 Å². The summed E-state index contributed by atoms with van der Waals surface area (Å²) in [6.07, 6.45) is 3.34. The first-order chi connectivity index (χ1) is 19.4. The van der Waals surface area contributed by atoms with E-state index in [1.807, 2.05) is 24.3 Å². The summed E-state index contributed by atoms with van der Waals surface area (Å²) in [6.45, 7) is 14.5. The Labute approximate surface area is 242 Å². The summed E-state index contributed by atoms with van der Waals surface area (Å²) in [5.41, 5.74) is 4.99. The molecule has 3 N–H and O–H groups in total. The molecule has 1 fully saturated rings. The van der Waals surface area contributed by atoms with E-state index >= 15 is 0 Å². The van der Waals surface area contributed by atoms with Gasteiger partial charge in [0, 0.05) is 35.6 Å². The van der Waals surface area contributed by atoms with E-state index in [1.165, 1.54) is 0 Å². The minimum absolute atomic E-state index is 0.205. The normalized spacial score (nSPS) is 17.4. The number of carbonyl (C=O) groups excluding carboxylic acids is 2. The quantitative estimate of drug-likeness (QED) is 0.128. The van der Waals surface area contributed by atoms with Crippen LogP contribution < -0.4 is 16.0 Å². The number of pyridine rings is 2. The topological polar surface area (TPSA) is 105 Å². The molecule has 3 heterocycles. The fourth-order valence-corrected chi connectivity index (χ4v) is 5.74. The molecule has 2 aromatic carbocycles. The summed E-state index contributed by atoms with van der Waals surface area (Å²) in [5.74, 6) is -0.402. The molecule has 1 unspecified atom stereocenters. The van der Waals surface area contributed by atoms with Gasteiger partial charge in [-0.25, -0.2) is 9.78 Å². The number of amides is 3. The molecule has 5 rings (SSSR count). The highest BCUT2D eigenvalue weighted by Crippen LogP contribution is 2.37. The van der Waals surface area contributed by atoms with Crippen molar-refractivity contribution in [2.24, 2.45) is 0 Å². The van der Waals surface area contributed by atoms with Crippen LogP contribution in [0.1, 0.15) is 33.3 Å². The molecule has 0 radical (unpaired) electrons. The zero-order valence-corrected chi connectivity index (χ0v) is 25.5. The van der Waals surface area contributed by atoms with Gasteiger partial charge in [0.15, 0.2) is 8.32 Å². The maximum atomic E-state index is 12.7. The lowest BCUT2D eigenvalue weighted by Crippen LogP contribution is -2.41. The van der Waals surface area contributed by atoms with E-state index in [2.05, 4.69) is 91.2 Å². The van der Waals surface area contributed by atoms with Gasteiger partial charge >= 0.3 is 6.03 Å². The van der Waals surface area contributed by atoms with Crippen LogP contribution in [0.25, 0.3) is 33.3 Å². The average Bonchev–Trinajstić information content (AvgIpc) is 3.21. The Morgan fingerprint density at radius 2 is 1.59 bits per heavy atom. The van der Waals surface area contributed by atoms with Crippen molar-refractivity contribution < 1.29 is 14.0 Å². The van der Waals surface area contributed by atoms with Crippen molar-refractivity contribution in [2.75, 3.05) is 18.5 Å². The first-order valence-electron chi connectivity index (χ1n) is 13.8. The third-order valence-corrected chi connectivity index (χ3v) is 12.8. The van der Waals surface area contributed by atoms with Crippen LogP contribution >= 0.6 is 0 Å². The predicted molar refractivity (Wildman–Crippen MR) is 166 cm³/mol. The zero-order chi connectivity index (χ0) is 29.4. The number of anilines is 1. The molecule has 2 aromatic heterocycles. The van der Waals surface area contributed by atoms with Crippen LogP contribution in [0, 0.1) is 0 Å². The van der Waals surface area contributed by atoms with Gasteiger partial charge in [0.2, 0.25) is 0 Å². The molecule has 1 aliphatic heterocycles. The van der Waals surface area contributed by atoms with E-state index in [9.17, 15) is 9.59 Å². The van der Waals surface area contributed by atoms with Crippen molar-refractivity contribution in [2.45, 2.75) is 51.4 Å². The number of aromatic nitrogens is 2. The fraction of sp³-hybridized carbons (Fsp3) is 0.312. The van der Waals surface area contributed by atoms with E-state index in [1.54, 1.807) is 19.3 Å². The van der Waals surface area contributed by atoms with Crippen molar-refractivity contribution in [1.82, 2.24) is 20.6 Å². The molecule has 41 heavy (non-hydrogen) atoms. The molecule has 1 aliphatic rings. The number of fused-ring (bicyclic) bond motifs is 1. The maximum Gasteiger partial charge on any atom is 0.322 e. The van der Waals surface area contributed by atoms with Crippen molar-refractivity contribution in [3.63, 3.8) is 0 Å². The van der Waals surface area contributed by atoms with E-state index in [0.29, 0.717) is 28.8 Å². The zero-order valence-electron chi connectivity index (χ0n) is 24.5. The van der Waals surface area contributed by atoms with Crippen LogP contribution in [0.4, 0.5) is 10.5 Å². The van der Waals surface area contributed by atoms with Crippen molar-refractivity contribution in [1.29, 1.82) is 0 Å². The smallest absolute Gasteiger partial charge is 0.322 e. The number of nitrogens with zero attached hydrogens (tertiary/aromatic N) is 2. The molecule has 0 bridgehead atoms. The van der Waals surface area contributed by atoms with Gasteiger partial charge in [0.05, 0.1) is 17.8 Å². The Kier molecular flexibility index (Phi) is 7.44. The molecule has 0 saturated carbocycles. The van der Waals surface area contributed by atoms with Gasteiger partial charge in [-0.3, -0.25) is 15.1 Å². The van der Waals surface area contributed by atoms with Gasteiger partial charge in [0.25, 0.3) is 5.91 Å². The average molecular weight is 568 g/mol. The Hall–Kier alpha value is -4.08. The van der Waals surface area contributed by atoms with Crippen LogP contribution in [0.2, 0.25) is 18.1 Å². The van der Waals surface area contributed by atoms with Gasteiger partial charge in [0.1, 0.15) is 5.54 Å². The largest absolute Gasteiger partial charge is 0.415 e. The number of urea groups is 1. The highest BCUT2D eigenvalue weighted by molar-refractivity contribution is 6.74. The van der Waals surface area contributed by atoms with Gasteiger partial charge in [-0.05, 0) is 66.0 Å². The van der Waals surface area contributed by atoms with Crippen LogP contribution in [-0.4, -0.2) is 43.4 Å². The van der Waals surface area contributed by atoms with Crippen molar-refractivity contribution in [3.05, 3.63) is 78.6 Å². The lowest BCUT2D eigenvalue weighted by molar-refractivity contribution is -0.123. The summed E-state index contributed by atoms with van der Waals surface area (Å²) in [7, 11) is -1.74. The second-order valence-electron chi connectivity index (χ2n) is 12.2. The Balaban J connectivity index is 1.32. The van der Waals surface area contributed by atoms with E-state index < -0.39 is 25.8 Å². The summed E-state index contributed by atoms with van der Waals surface area (Å²) in [5, 5.41) is 9.49. The van der Waals surface area contributed by atoms with E-state index in [4.69, 9.17) is 9.41 Å². The molecule has 1 saturated heterocycles. The monoisotopic (exact) mass is 567 g/mol. The Morgan fingerprint density at radius 3 is 2.20 bits per heavy atom. The van der Waals surface area contributed by atoms with Crippen molar-refractivity contribution >= 4 is 36.8 Å². The number of imide groups is 1. The third kappa shape index (κ3) is 5.73. The van der Waals surface area contributed by atoms with Crippen LogP contribution in [-0.2, 0) is 14.8 Å². The van der Waals surface area contributed by atoms with Crippen LogP contribution in [0.15, 0.2) is 73.1 Å². The summed E-state index contributed by atoms with van der Waals surface area (Å²) < 4.78 is 6.26. The number of hydrogen-bond donors (Lipinski definition) is 3. The summed E-state index contributed by atoms with van der Waals surface area (Å²) in [4.78, 5) is 33.8. The summed E-state index contributed by atoms with van der Waals surface area (Å²) >= 11 is 0. The highest BCUT2D eigenvalue weighted by atomic mass is 28.4. The predicted octanol–water partition coefficient (Wildman–Crippen LogP) is 6.45. The lowest BCUT2D eigenvalue weighted by Gasteiger charge is -2.36. The second kappa shape index (κ2) is 10.7.